The molecule has 0 aliphatic heterocycles. The lowest BCUT2D eigenvalue weighted by atomic mass is 10.0. The van der Waals surface area contributed by atoms with Gasteiger partial charge in [0.25, 0.3) is 5.69 Å². The molecule has 0 unspecified atom stereocenters. The van der Waals surface area contributed by atoms with Crippen LogP contribution in [0.1, 0.15) is 115 Å². The molecule has 0 aliphatic carbocycles. The largest absolute Gasteiger partial charge is 0.459 e. The summed E-state index contributed by atoms with van der Waals surface area (Å²) >= 11 is 0. The molecule has 0 heterocycles. The second-order valence-electron chi connectivity index (χ2n) is 10.6. The first-order valence-corrected chi connectivity index (χ1v) is 14.6. The highest BCUT2D eigenvalue weighted by Gasteiger charge is 2.18. The average Bonchev–Trinajstić information content (AvgIpc) is 2.89. The van der Waals surface area contributed by atoms with E-state index in [1.54, 1.807) is 38.2 Å². The van der Waals surface area contributed by atoms with Crippen LogP contribution in [0.15, 0.2) is 18.2 Å². The molecule has 216 valence electrons. The molecule has 8 nitrogen and oxygen atoms in total. The van der Waals surface area contributed by atoms with Gasteiger partial charge in [-0.2, -0.15) is 0 Å². The van der Waals surface area contributed by atoms with E-state index in [0.717, 1.165) is 19.3 Å². The van der Waals surface area contributed by atoms with Crippen LogP contribution in [0.2, 0.25) is 0 Å². The number of nitro benzene ring substituents is 1. The van der Waals surface area contributed by atoms with Gasteiger partial charge in [0.15, 0.2) is 0 Å². The van der Waals surface area contributed by atoms with Gasteiger partial charge in [-0.3, -0.25) is 19.7 Å². The smallest absolute Gasteiger partial charge is 0.325 e. The summed E-state index contributed by atoms with van der Waals surface area (Å²) in [5.41, 5.74) is 0.915. The van der Waals surface area contributed by atoms with E-state index in [2.05, 4.69) is 6.92 Å². The molecule has 8 heteroatoms. The van der Waals surface area contributed by atoms with Crippen molar-refractivity contribution in [1.82, 2.24) is 4.90 Å². The van der Waals surface area contributed by atoms with E-state index in [0.29, 0.717) is 17.7 Å². The van der Waals surface area contributed by atoms with Crippen molar-refractivity contribution in [3.63, 3.8) is 0 Å². The first-order chi connectivity index (χ1) is 18.3. The third-order valence-corrected chi connectivity index (χ3v) is 6.96. The zero-order chi connectivity index (χ0) is 28.2. The Morgan fingerprint density at radius 2 is 1.32 bits per heavy atom. The molecule has 1 aromatic carbocycles. The van der Waals surface area contributed by atoms with Gasteiger partial charge in [-0.1, -0.05) is 96.8 Å². The molecule has 1 aromatic rings. The summed E-state index contributed by atoms with van der Waals surface area (Å²) < 4.78 is 5.22. The normalized spacial score (nSPS) is 10.8. The van der Waals surface area contributed by atoms with Crippen molar-refractivity contribution < 1.29 is 19.2 Å². The maximum Gasteiger partial charge on any atom is 0.325 e. The molecule has 1 amide bonds. The molecule has 38 heavy (non-hydrogen) atoms. The Bertz CT molecular complexity index is 828. The summed E-state index contributed by atoms with van der Waals surface area (Å²) in [6.45, 7) is 1.89. The van der Waals surface area contributed by atoms with Crippen LogP contribution in [0.4, 0.5) is 11.4 Å². The predicted molar refractivity (Wildman–Crippen MR) is 154 cm³/mol. The van der Waals surface area contributed by atoms with Gasteiger partial charge in [0.2, 0.25) is 5.91 Å². The Labute approximate surface area is 230 Å². The fourth-order valence-corrected chi connectivity index (χ4v) is 4.45. The summed E-state index contributed by atoms with van der Waals surface area (Å²) in [6, 6.07) is 4.78. The highest BCUT2D eigenvalue weighted by atomic mass is 16.6. The molecule has 0 bridgehead atoms. The van der Waals surface area contributed by atoms with Crippen LogP contribution in [0.5, 0.6) is 0 Å². The third-order valence-electron chi connectivity index (χ3n) is 6.96. The molecule has 1 rings (SSSR count). The van der Waals surface area contributed by atoms with Crippen LogP contribution in [0.3, 0.4) is 0 Å². The number of benzene rings is 1. The fourth-order valence-electron chi connectivity index (χ4n) is 4.45. The van der Waals surface area contributed by atoms with Crippen LogP contribution in [-0.4, -0.2) is 49.4 Å². The minimum Gasteiger partial charge on any atom is -0.459 e. The van der Waals surface area contributed by atoms with E-state index in [9.17, 15) is 19.7 Å². The Morgan fingerprint density at radius 1 is 0.816 bits per heavy atom. The van der Waals surface area contributed by atoms with Gasteiger partial charge >= 0.3 is 5.97 Å². The minimum atomic E-state index is -0.580. The lowest BCUT2D eigenvalue weighted by Crippen LogP contribution is -2.32. The molecule has 0 saturated carbocycles. The monoisotopic (exact) mass is 533 g/mol. The van der Waals surface area contributed by atoms with Gasteiger partial charge in [-0.15, -0.1) is 0 Å². The molecule has 0 aliphatic rings. The standard InChI is InChI=1S/C30H51N3O5/c1-5-6-7-8-9-10-11-12-13-14-15-16-17-18-19-20-29(34)32(4)24-30(35)38-25-26-21-22-27(31(2)3)23-28(26)33(36)37/h21-23H,5-20,24-25H2,1-4H3. The van der Waals surface area contributed by atoms with Gasteiger partial charge in [-0.05, 0) is 18.6 Å². The zero-order valence-corrected chi connectivity index (χ0v) is 24.3. The minimum absolute atomic E-state index is 0.0852. The van der Waals surface area contributed by atoms with Crippen molar-refractivity contribution in [2.75, 3.05) is 32.6 Å². The number of ether oxygens (including phenoxy) is 1. The lowest BCUT2D eigenvalue weighted by Gasteiger charge is -2.17. The predicted octanol–water partition coefficient (Wildman–Crippen LogP) is 7.42. The van der Waals surface area contributed by atoms with E-state index in [-0.39, 0.29) is 24.7 Å². The Morgan fingerprint density at radius 3 is 1.79 bits per heavy atom. The molecule has 0 aromatic heterocycles. The van der Waals surface area contributed by atoms with Crippen molar-refractivity contribution in [2.24, 2.45) is 0 Å². The quantitative estimate of drug-likeness (QED) is 0.0666. The first-order valence-electron chi connectivity index (χ1n) is 14.6. The SMILES string of the molecule is CCCCCCCCCCCCCCCCCC(=O)N(C)CC(=O)OCc1ccc(N(C)C)cc1[N+](=O)[O-]. The van der Waals surface area contributed by atoms with E-state index in [4.69, 9.17) is 4.74 Å². The number of unbranched alkanes of at least 4 members (excludes halogenated alkanes) is 14. The van der Waals surface area contributed by atoms with Gasteiger partial charge in [0.1, 0.15) is 13.2 Å². The van der Waals surface area contributed by atoms with Crippen LogP contribution in [-0.2, 0) is 20.9 Å². The van der Waals surface area contributed by atoms with Crippen molar-refractivity contribution in [3.8, 4) is 0 Å². The molecule has 0 radical (unpaired) electrons. The Kier molecular flexibility index (Phi) is 17.9. The van der Waals surface area contributed by atoms with Crippen LogP contribution < -0.4 is 4.90 Å². The van der Waals surface area contributed by atoms with Crippen molar-refractivity contribution in [2.45, 2.75) is 116 Å². The van der Waals surface area contributed by atoms with Crippen LogP contribution >= 0.6 is 0 Å². The van der Waals surface area contributed by atoms with E-state index < -0.39 is 10.9 Å². The zero-order valence-electron chi connectivity index (χ0n) is 24.3. The number of carbonyl (C=O) groups is 2. The maximum absolute atomic E-state index is 12.4. The highest BCUT2D eigenvalue weighted by Crippen LogP contribution is 2.25. The van der Waals surface area contributed by atoms with Crippen molar-refractivity contribution >= 4 is 23.3 Å². The van der Waals surface area contributed by atoms with E-state index >= 15 is 0 Å². The second-order valence-corrected chi connectivity index (χ2v) is 10.6. The summed E-state index contributed by atoms with van der Waals surface area (Å²) in [4.78, 5) is 38.6. The van der Waals surface area contributed by atoms with E-state index in [1.807, 2.05) is 0 Å². The summed E-state index contributed by atoms with van der Waals surface area (Å²) in [5, 5.41) is 11.4. The lowest BCUT2D eigenvalue weighted by molar-refractivity contribution is -0.385. The van der Waals surface area contributed by atoms with Crippen molar-refractivity contribution in [3.05, 3.63) is 33.9 Å². The molecule has 0 fully saturated rings. The number of likely N-dealkylation sites (N-methyl/N-ethyl adjacent to an activating group) is 1. The molecular formula is C30H51N3O5. The number of hydrogen-bond acceptors (Lipinski definition) is 6. The number of anilines is 1. The van der Waals surface area contributed by atoms with Crippen molar-refractivity contribution in [1.29, 1.82) is 0 Å². The van der Waals surface area contributed by atoms with Crippen LogP contribution in [0, 0.1) is 10.1 Å². The first kappa shape index (κ1) is 33.4. The number of amides is 1. The number of rotatable bonds is 22. The summed E-state index contributed by atoms with van der Waals surface area (Å²) in [7, 11) is 5.18. The van der Waals surface area contributed by atoms with E-state index in [1.165, 1.54) is 88.0 Å². The molecule has 0 saturated heterocycles. The summed E-state index contributed by atoms with van der Waals surface area (Å²) in [6.07, 6.45) is 19.5. The Balaban J connectivity index is 2.12. The second kappa shape index (κ2) is 20.3. The molecule has 0 N–H and O–H groups in total. The topological polar surface area (TPSA) is 93.0 Å². The molecule has 0 spiro atoms. The number of carbonyl (C=O) groups excluding carboxylic acids is 2. The van der Waals surface area contributed by atoms with Gasteiger partial charge in [0, 0.05) is 39.3 Å². The van der Waals surface area contributed by atoms with Gasteiger partial charge in [0.05, 0.1) is 10.5 Å². The molecular weight excluding hydrogens is 482 g/mol. The van der Waals surface area contributed by atoms with Gasteiger partial charge in [-0.25, -0.2) is 0 Å². The summed E-state index contributed by atoms with van der Waals surface area (Å²) in [5.74, 6) is -0.665. The number of hydrogen-bond donors (Lipinski definition) is 0. The third kappa shape index (κ3) is 14.9. The maximum atomic E-state index is 12.4. The number of nitrogens with zero attached hydrogens (tertiary/aromatic N) is 3. The Hall–Kier alpha value is -2.64. The van der Waals surface area contributed by atoms with Gasteiger partial charge < -0.3 is 14.5 Å². The number of nitro groups is 1. The fraction of sp³-hybridized carbons (Fsp3) is 0.733. The highest BCUT2D eigenvalue weighted by molar-refractivity contribution is 5.81. The van der Waals surface area contributed by atoms with Crippen LogP contribution in [0.25, 0.3) is 0 Å². The molecule has 0 atom stereocenters. The number of esters is 1. The average molecular weight is 534 g/mol.